The van der Waals surface area contributed by atoms with Crippen LogP contribution in [0.25, 0.3) is 0 Å². The smallest absolute Gasteiger partial charge is 0.345 e. The SMILES string of the molecule is O=C(CCCCCCCCC(=O)OC(=O)c1ccc(C(=O)O)cc1)OC(=O)c1ccc(C(=O)O)cc1. The van der Waals surface area contributed by atoms with E-state index < -0.39 is 35.8 Å². The van der Waals surface area contributed by atoms with E-state index in [2.05, 4.69) is 0 Å². The Balaban J connectivity index is 1.53. The molecule has 2 N–H and O–H groups in total. The summed E-state index contributed by atoms with van der Waals surface area (Å²) in [5.41, 5.74) is 0.218. The van der Waals surface area contributed by atoms with E-state index in [0.29, 0.717) is 12.8 Å². The van der Waals surface area contributed by atoms with Crippen LogP contribution in [0, 0.1) is 0 Å². The molecule has 10 nitrogen and oxygen atoms in total. The summed E-state index contributed by atoms with van der Waals surface area (Å²) in [5.74, 6) is -5.23. The Kier molecular flexibility index (Phi) is 11.0. The van der Waals surface area contributed by atoms with E-state index in [9.17, 15) is 28.8 Å². The molecule has 0 bridgehead atoms. The lowest BCUT2D eigenvalue weighted by molar-refractivity contribution is -0.139. The number of carbonyl (C=O) groups is 6. The van der Waals surface area contributed by atoms with Crippen molar-refractivity contribution in [2.24, 2.45) is 0 Å². The van der Waals surface area contributed by atoms with Crippen molar-refractivity contribution < 1.29 is 48.5 Å². The number of carboxylic acid groups (broad SMARTS) is 2. The zero-order valence-electron chi connectivity index (χ0n) is 19.4. The van der Waals surface area contributed by atoms with Gasteiger partial charge in [-0.05, 0) is 61.4 Å². The van der Waals surface area contributed by atoms with Crippen molar-refractivity contribution in [1.29, 1.82) is 0 Å². The molecule has 0 amide bonds. The fourth-order valence-corrected chi connectivity index (χ4v) is 3.17. The molecular formula is C26H26O10. The molecule has 0 saturated carbocycles. The van der Waals surface area contributed by atoms with Gasteiger partial charge in [-0.2, -0.15) is 0 Å². The first kappa shape index (κ1) is 27.9. The van der Waals surface area contributed by atoms with Gasteiger partial charge < -0.3 is 19.7 Å². The summed E-state index contributed by atoms with van der Waals surface area (Å²) in [6.07, 6.45) is 4.27. The second-order valence-corrected chi connectivity index (χ2v) is 7.91. The van der Waals surface area contributed by atoms with Crippen LogP contribution in [0.15, 0.2) is 48.5 Å². The van der Waals surface area contributed by atoms with Crippen LogP contribution >= 0.6 is 0 Å². The van der Waals surface area contributed by atoms with E-state index in [4.69, 9.17) is 19.7 Å². The molecule has 0 aromatic heterocycles. The molecule has 0 saturated heterocycles. The summed E-state index contributed by atoms with van der Waals surface area (Å²) in [4.78, 5) is 69.1. The van der Waals surface area contributed by atoms with Crippen molar-refractivity contribution in [3.05, 3.63) is 70.8 Å². The van der Waals surface area contributed by atoms with Gasteiger partial charge in [-0.15, -0.1) is 0 Å². The second-order valence-electron chi connectivity index (χ2n) is 7.91. The van der Waals surface area contributed by atoms with Crippen LogP contribution in [0.4, 0.5) is 0 Å². The first-order valence-electron chi connectivity index (χ1n) is 11.3. The van der Waals surface area contributed by atoms with Crippen LogP contribution in [0.5, 0.6) is 0 Å². The highest BCUT2D eigenvalue weighted by atomic mass is 16.6. The number of hydrogen-bond donors (Lipinski definition) is 2. The van der Waals surface area contributed by atoms with Gasteiger partial charge in [0.2, 0.25) is 0 Å². The summed E-state index contributed by atoms with van der Waals surface area (Å²) in [6, 6.07) is 10.1. The fourth-order valence-electron chi connectivity index (χ4n) is 3.17. The number of benzene rings is 2. The minimum Gasteiger partial charge on any atom is -0.478 e. The number of esters is 4. The third-order valence-electron chi connectivity index (χ3n) is 5.16. The van der Waals surface area contributed by atoms with Gasteiger partial charge in [0.25, 0.3) is 0 Å². The number of aromatic carboxylic acids is 2. The first-order chi connectivity index (χ1) is 17.2. The maximum Gasteiger partial charge on any atom is 0.345 e. The van der Waals surface area contributed by atoms with Crippen LogP contribution in [0.3, 0.4) is 0 Å². The molecule has 0 aliphatic rings. The molecule has 2 rings (SSSR count). The topological polar surface area (TPSA) is 161 Å². The Hall–Kier alpha value is -4.34. The average Bonchev–Trinajstić information content (AvgIpc) is 2.85. The molecule has 0 atom stereocenters. The minimum atomic E-state index is -1.12. The standard InChI is InChI=1S/C26H26O10/c27-21(35-25(33)19-13-9-17(10-14-19)23(29)30)7-5-3-1-2-4-6-8-22(28)36-26(34)20-15-11-18(12-16-20)24(31)32/h9-16H,1-8H2,(H,29,30)(H,31,32). The second kappa shape index (κ2) is 14.1. The molecule has 0 spiro atoms. The number of unbranched alkanes of at least 4 members (excludes halogenated alkanes) is 5. The van der Waals surface area contributed by atoms with Gasteiger partial charge in [-0.25, -0.2) is 19.2 Å². The molecule has 0 unspecified atom stereocenters. The number of carboxylic acids is 2. The maximum absolute atomic E-state index is 11.9. The van der Waals surface area contributed by atoms with E-state index in [1.807, 2.05) is 0 Å². The molecule has 0 heterocycles. The molecule has 2 aromatic rings. The molecule has 36 heavy (non-hydrogen) atoms. The van der Waals surface area contributed by atoms with E-state index in [0.717, 1.165) is 25.7 Å². The van der Waals surface area contributed by atoms with Crippen LogP contribution in [-0.4, -0.2) is 46.0 Å². The van der Waals surface area contributed by atoms with Crippen molar-refractivity contribution in [3.63, 3.8) is 0 Å². The van der Waals surface area contributed by atoms with Crippen molar-refractivity contribution in [1.82, 2.24) is 0 Å². The Morgan fingerprint density at radius 2 is 0.750 bits per heavy atom. The quantitative estimate of drug-likeness (QED) is 0.232. The van der Waals surface area contributed by atoms with Gasteiger partial charge in [0.1, 0.15) is 0 Å². The Morgan fingerprint density at radius 3 is 1.06 bits per heavy atom. The van der Waals surface area contributed by atoms with Gasteiger partial charge in [-0.1, -0.05) is 25.7 Å². The summed E-state index contributed by atoms with van der Waals surface area (Å²) in [7, 11) is 0. The Morgan fingerprint density at radius 1 is 0.472 bits per heavy atom. The lowest BCUT2D eigenvalue weighted by Gasteiger charge is -2.05. The maximum atomic E-state index is 11.9. The van der Waals surface area contributed by atoms with Crippen LogP contribution in [0.2, 0.25) is 0 Å². The third kappa shape index (κ3) is 9.49. The van der Waals surface area contributed by atoms with E-state index in [1.165, 1.54) is 48.5 Å². The van der Waals surface area contributed by atoms with Crippen molar-refractivity contribution >= 4 is 35.8 Å². The van der Waals surface area contributed by atoms with E-state index in [1.54, 1.807) is 0 Å². The number of hydrogen-bond acceptors (Lipinski definition) is 8. The highest BCUT2D eigenvalue weighted by molar-refractivity contribution is 5.98. The summed E-state index contributed by atoms with van der Waals surface area (Å²) in [6.45, 7) is 0. The highest BCUT2D eigenvalue weighted by Crippen LogP contribution is 2.12. The van der Waals surface area contributed by atoms with Gasteiger partial charge in [0, 0.05) is 12.8 Å². The monoisotopic (exact) mass is 498 g/mol. The highest BCUT2D eigenvalue weighted by Gasteiger charge is 2.15. The molecule has 10 heteroatoms. The van der Waals surface area contributed by atoms with Crippen LogP contribution in [-0.2, 0) is 19.1 Å². The Bertz CT molecular complexity index is 1010. The number of carbonyl (C=O) groups excluding carboxylic acids is 4. The zero-order chi connectivity index (χ0) is 26.5. The molecule has 2 aromatic carbocycles. The van der Waals surface area contributed by atoms with E-state index >= 15 is 0 Å². The molecule has 0 radical (unpaired) electrons. The molecule has 0 fully saturated rings. The minimum absolute atomic E-state index is 0.0214. The van der Waals surface area contributed by atoms with Gasteiger partial charge in [0.15, 0.2) is 0 Å². The van der Waals surface area contributed by atoms with Gasteiger partial charge in [-0.3, -0.25) is 9.59 Å². The molecule has 0 aliphatic carbocycles. The van der Waals surface area contributed by atoms with E-state index in [-0.39, 0.29) is 35.1 Å². The fraction of sp³-hybridized carbons (Fsp3) is 0.308. The van der Waals surface area contributed by atoms with Gasteiger partial charge in [0.05, 0.1) is 22.3 Å². The van der Waals surface area contributed by atoms with Crippen LogP contribution < -0.4 is 0 Å². The average molecular weight is 498 g/mol. The number of rotatable bonds is 13. The lowest BCUT2D eigenvalue weighted by Crippen LogP contribution is -2.12. The van der Waals surface area contributed by atoms with Crippen molar-refractivity contribution in [2.75, 3.05) is 0 Å². The van der Waals surface area contributed by atoms with Crippen LogP contribution in [0.1, 0.15) is 92.8 Å². The predicted molar refractivity (Wildman–Crippen MR) is 125 cm³/mol. The molecule has 0 aliphatic heterocycles. The third-order valence-corrected chi connectivity index (χ3v) is 5.16. The first-order valence-corrected chi connectivity index (χ1v) is 11.3. The zero-order valence-corrected chi connectivity index (χ0v) is 19.4. The summed E-state index contributed by atoms with van der Waals surface area (Å²) >= 11 is 0. The largest absolute Gasteiger partial charge is 0.478 e. The summed E-state index contributed by atoms with van der Waals surface area (Å²) in [5, 5.41) is 17.7. The molecule has 190 valence electrons. The Labute approximate surface area is 206 Å². The normalized spacial score (nSPS) is 10.3. The van der Waals surface area contributed by atoms with Crippen molar-refractivity contribution in [3.8, 4) is 0 Å². The van der Waals surface area contributed by atoms with Crippen molar-refractivity contribution in [2.45, 2.75) is 51.4 Å². The lowest BCUT2D eigenvalue weighted by atomic mass is 10.1. The number of ether oxygens (including phenoxy) is 2. The molecular weight excluding hydrogens is 472 g/mol. The van der Waals surface area contributed by atoms with Gasteiger partial charge >= 0.3 is 35.8 Å². The predicted octanol–water partition coefficient (Wildman–Crippen LogP) is 4.27. The summed E-state index contributed by atoms with van der Waals surface area (Å²) < 4.78 is 9.52.